The Morgan fingerprint density at radius 3 is 2.69 bits per heavy atom. The van der Waals surface area contributed by atoms with Gasteiger partial charge in [-0.25, -0.2) is 4.79 Å². The van der Waals surface area contributed by atoms with Gasteiger partial charge in [0.2, 0.25) is 5.91 Å². The average Bonchev–Trinajstić information content (AvgIpc) is 3.33. The number of nitrogens with one attached hydrogen (secondary N) is 3. The van der Waals surface area contributed by atoms with Gasteiger partial charge in [0.25, 0.3) is 5.91 Å². The van der Waals surface area contributed by atoms with Crippen molar-refractivity contribution in [3.63, 3.8) is 0 Å². The molecule has 2 aromatic heterocycles. The first-order chi connectivity index (χ1) is 13.9. The minimum atomic E-state index is -0.520. The molecule has 3 heterocycles. The number of aromatic nitrogens is 2. The van der Waals surface area contributed by atoms with Crippen LogP contribution in [0.2, 0.25) is 5.02 Å². The van der Waals surface area contributed by atoms with Gasteiger partial charge in [-0.05, 0) is 42.1 Å². The molecule has 0 saturated heterocycles. The lowest BCUT2D eigenvalue weighted by atomic mass is 9.98. The zero-order valence-electron chi connectivity index (χ0n) is 15.2. The number of amides is 3. The van der Waals surface area contributed by atoms with E-state index in [1.54, 1.807) is 48.7 Å². The summed E-state index contributed by atoms with van der Waals surface area (Å²) in [4.78, 5) is 37.9. The Morgan fingerprint density at radius 2 is 2.00 bits per heavy atom. The van der Waals surface area contributed by atoms with Crippen LogP contribution in [0.3, 0.4) is 0 Å². The lowest BCUT2D eigenvalue weighted by Gasteiger charge is -2.20. The van der Waals surface area contributed by atoms with Gasteiger partial charge in [0.15, 0.2) is 5.82 Å². The summed E-state index contributed by atoms with van der Waals surface area (Å²) in [6, 6.07) is 9.56. The Morgan fingerprint density at radius 1 is 1.24 bits per heavy atom. The number of carbonyl (C=O) groups is 3. The van der Waals surface area contributed by atoms with Crippen molar-refractivity contribution in [2.75, 3.05) is 16.0 Å². The summed E-state index contributed by atoms with van der Waals surface area (Å²) in [5.41, 5.74) is 1.16. The maximum absolute atomic E-state index is 12.8. The molecule has 1 aromatic carbocycles. The largest absolute Gasteiger partial charge is 0.324 e. The predicted octanol–water partition coefficient (Wildman–Crippen LogP) is 4.06. The molecule has 4 rings (SSSR count). The highest BCUT2D eigenvalue weighted by molar-refractivity contribution is 7.12. The fourth-order valence-electron chi connectivity index (χ4n) is 2.97. The fourth-order valence-corrected chi connectivity index (χ4v) is 3.74. The SMILES string of the molecule is CC1Cc2c(NC(=O)Nc3ccc(Cl)cc3)nn(C(=O)c3cccs3)c2NC1=O. The Balaban J connectivity index is 1.63. The Kier molecular flexibility index (Phi) is 5.08. The topological polar surface area (TPSA) is 105 Å². The highest BCUT2D eigenvalue weighted by atomic mass is 35.5. The van der Waals surface area contributed by atoms with Gasteiger partial charge in [0.1, 0.15) is 5.82 Å². The number of anilines is 3. The molecule has 0 spiro atoms. The van der Waals surface area contributed by atoms with Gasteiger partial charge in [-0.1, -0.05) is 24.6 Å². The van der Waals surface area contributed by atoms with Gasteiger partial charge < -0.3 is 10.6 Å². The van der Waals surface area contributed by atoms with Gasteiger partial charge in [-0.15, -0.1) is 16.4 Å². The normalized spacial score (nSPS) is 15.4. The van der Waals surface area contributed by atoms with E-state index in [1.165, 1.54) is 11.3 Å². The molecule has 3 aromatic rings. The summed E-state index contributed by atoms with van der Waals surface area (Å²) in [7, 11) is 0. The molecule has 0 saturated carbocycles. The molecule has 1 aliphatic heterocycles. The van der Waals surface area contributed by atoms with Crippen molar-refractivity contribution in [3.05, 3.63) is 57.2 Å². The van der Waals surface area contributed by atoms with E-state index in [-0.39, 0.29) is 29.4 Å². The van der Waals surface area contributed by atoms with E-state index in [0.29, 0.717) is 27.6 Å². The summed E-state index contributed by atoms with van der Waals surface area (Å²) >= 11 is 7.12. The smallest absolute Gasteiger partial charge is 0.310 e. The molecule has 0 fully saturated rings. The molecule has 1 aliphatic rings. The second-order valence-electron chi connectivity index (χ2n) is 6.55. The molecule has 3 amide bonds. The van der Waals surface area contributed by atoms with Crippen LogP contribution in [0.1, 0.15) is 22.2 Å². The minimum Gasteiger partial charge on any atom is -0.310 e. The van der Waals surface area contributed by atoms with E-state index in [4.69, 9.17) is 11.6 Å². The number of rotatable bonds is 3. The first-order valence-electron chi connectivity index (χ1n) is 8.77. The second-order valence-corrected chi connectivity index (χ2v) is 7.93. The number of carbonyl (C=O) groups excluding carboxylic acids is 3. The summed E-state index contributed by atoms with van der Waals surface area (Å²) in [5, 5.41) is 14.7. The molecule has 1 atom stereocenters. The van der Waals surface area contributed by atoms with Gasteiger partial charge in [0.05, 0.1) is 4.88 Å². The van der Waals surface area contributed by atoms with Crippen LogP contribution in [0.25, 0.3) is 0 Å². The van der Waals surface area contributed by atoms with E-state index in [9.17, 15) is 14.4 Å². The molecule has 8 nitrogen and oxygen atoms in total. The number of hydrogen-bond acceptors (Lipinski definition) is 5. The van der Waals surface area contributed by atoms with E-state index in [0.717, 1.165) is 4.68 Å². The van der Waals surface area contributed by atoms with Crippen molar-refractivity contribution < 1.29 is 14.4 Å². The van der Waals surface area contributed by atoms with Gasteiger partial charge >= 0.3 is 6.03 Å². The fraction of sp³-hybridized carbons (Fsp3) is 0.158. The minimum absolute atomic E-state index is 0.199. The lowest BCUT2D eigenvalue weighted by Crippen LogP contribution is -2.30. The van der Waals surface area contributed by atoms with Crippen LogP contribution in [0.5, 0.6) is 0 Å². The van der Waals surface area contributed by atoms with E-state index in [2.05, 4.69) is 21.0 Å². The van der Waals surface area contributed by atoms with Gasteiger partial charge in [-0.3, -0.25) is 14.9 Å². The molecule has 3 N–H and O–H groups in total. The molecule has 148 valence electrons. The van der Waals surface area contributed by atoms with Crippen LogP contribution in [0, 0.1) is 5.92 Å². The third-order valence-electron chi connectivity index (χ3n) is 4.44. The van der Waals surface area contributed by atoms with Crippen molar-refractivity contribution in [3.8, 4) is 0 Å². The first-order valence-corrected chi connectivity index (χ1v) is 10.0. The third-order valence-corrected chi connectivity index (χ3v) is 5.55. The lowest BCUT2D eigenvalue weighted by molar-refractivity contribution is -0.119. The zero-order valence-corrected chi connectivity index (χ0v) is 16.8. The molecule has 29 heavy (non-hydrogen) atoms. The number of thiophene rings is 1. The van der Waals surface area contributed by atoms with Crippen LogP contribution >= 0.6 is 22.9 Å². The van der Waals surface area contributed by atoms with Crippen molar-refractivity contribution in [2.24, 2.45) is 5.92 Å². The molecular formula is C19H16ClN5O3S. The van der Waals surface area contributed by atoms with Crippen LogP contribution in [0.4, 0.5) is 22.1 Å². The number of hydrogen-bond donors (Lipinski definition) is 3. The quantitative estimate of drug-likeness (QED) is 0.583. The maximum atomic E-state index is 12.8. The van der Waals surface area contributed by atoms with Crippen molar-refractivity contribution >= 4 is 58.1 Å². The Hall–Kier alpha value is -3.17. The summed E-state index contributed by atoms with van der Waals surface area (Å²) < 4.78 is 1.13. The molecule has 0 aliphatic carbocycles. The number of nitrogens with zero attached hydrogens (tertiary/aromatic N) is 2. The predicted molar refractivity (Wildman–Crippen MR) is 112 cm³/mol. The summed E-state index contributed by atoms with van der Waals surface area (Å²) in [6.45, 7) is 1.77. The number of halogens is 1. The number of benzene rings is 1. The number of urea groups is 1. The zero-order chi connectivity index (χ0) is 20.5. The summed E-state index contributed by atoms with van der Waals surface area (Å²) in [6.07, 6.45) is 0.357. The molecule has 1 unspecified atom stereocenters. The van der Waals surface area contributed by atoms with Gasteiger partial charge in [-0.2, -0.15) is 4.68 Å². The van der Waals surface area contributed by atoms with Crippen LogP contribution in [0.15, 0.2) is 41.8 Å². The van der Waals surface area contributed by atoms with Crippen LogP contribution < -0.4 is 16.0 Å². The Bertz CT molecular complexity index is 1090. The van der Waals surface area contributed by atoms with Crippen molar-refractivity contribution in [2.45, 2.75) is 13.3 Å². The molecule has 0 radical (unpaired) electrons. The first kappa shape index (κ1) is 19.2. The van der Waals surface area contributed by atoms with Crippen molar-refractivity contribution in [1.29, 1.82) is 0 Å². The highest BCUT2D eigenvalue weighted by Gasteiger charge is 2.32. The van der Waals surface area contributed by atoms with E-state index < -0.39 is 6.03 Å². The van der Waals surface area contributed by atoms with Crippen LogP contribution in [-0.2, 0) is 11.2 Å². The second kappa shape index (κ2) is 7.69. The van der Waals surface area contributed by atoms with E-state index in [1.807, 2.05) is 0 Å². The molecule has 0 bridgehead atoms. The maximum Gasteiger partial charge on any atom is 0.324 e. The summed E-state index contributed by atoms with van der Waals surface area (Å²) in [5.74, 6) is -0.375. The van der Waals surface area contributed by atoms with Crippen molar-refractivity contribution in [1.82, 2.24) is 9.78 Å². The van der Waals surface area contributed by atoms with E-state index >= 15 is 0 Å². The Labute approximate surface area is 174 Å². The molecular weight excluding hydrogens is 414 g/mol. The average molecular weight is 430 g/mol. The third kappa shape index (κ3) is 3.87. The standard InChI is InChI=1S/C19H16ClN5O3S/c1-10-9-13-15(22-19(28)21-12-6-4-11(20)5-7-12)24-25(16(13)23-17(10)26)18(27)14-3-2-8-29-14/h2-8,10H,9H2,1H3,(H,23,26)(H2,21,22,24,28). The molecule has 10 heteroatoms. The van der Waals surface area contributed by atoms with Crippen LogP contribution in [-0.4, -0.2) is 27.6 Å². The number of fused-ring (bicyclic) bond motifs is 1. The van der Waals surface area contributed by atoms with Gasteiger partial charge in [0, 0.05) is 22.2 Å². The highest BCUT2D eigenvalue weighted by Crippen LogP contribution is 2.32. The monoisotopic (exact) mass is 429 g/mol.